The third-order valence-corrected chi connectivity index (χ3v) is 3.97. The standard InChI is InChI=1S/C19H14F3N3O4/c1-11-23-18(29-24-11)13-3-2-4-15(9-13)26-17-10-16(28-25-17)12-5-7-14(8-6-12)27-19(20,21)22/h2-9,16H,10H2,1H3/t16-/m1/s1. The summed E-state index contributed by atoms with van der Waals surface area (Å²) < 4.78 is 51.5. The molecule has 1 aliphatic heterocycles. The number of aromatic nitrogens is 2. The van der Waals surface area contributed by atoms with Crippen LogP contribution in [0.5, 0.6) is 11.5 Å². The molecule has 3 aromatic rings. The number of aryl methyl sites for hydroxylation is 1. The molecule has 0 bridgehead atoms. The molecular weight excluding hydrogens is 391 g/mol. The first kappa shape index (κ1) is 18.8. The number of ether oxygens (including phenoxy) is 2. The summed E-state index contributed by atoms with van der Waals surface area (Å²) >= 11 is 0. The summed E-state index contributed by atoms with van der Waals surface area (Å²) in [6.45, 7) is 1.72. The fourth-order valence-corrected chi connectivity index (χ4v) is 2.72. The van der Waals surface area contributed by atoms with E-state index in [0.717, 1.165) is 0 Å². The lowest BCUT2D eigenvalue weighted by atomic mass is 10.1. The minimum Gasteiger partial charge on any atom is -0.440 e. The number of alkyl halides is 3. The van der Waals surface area contributed by atoms with Crippen LogP contribution in [-0.2, 0) is 4.84 Å². The minimum atomic E-state index is -4.73. The molecule has 0 saturated heterocycles. The average molecular weight is 405 g/mol. The zero-order chi connectivity index (χ0) is 20.4. The zero-order valence-electron chi connectivity index (χ0n) is 15.0. The Balaban J connectivity index is 1.39. The Bertz CT molecular complexity index is 1030. The summed E-state index contributed by atoms with van der Waals surface area (Å²) in [5.74, 6) is 1.44. The molecule has 1 aliphatic rings. The molecular formula is C19H14F3N3O4. The van der Waals surface area contributed by atoms with E-state index in [1.165, 1.54) is 24.3 Å². The number of hydrogen-bond donors (Lipinski definition) is 0. The molecule has 0 fully saturated rings. The van der Waals surface area contributed by atoms with Gasteiger partial charge >= 0.3 is 6.36 Å². The van der Waals surface area contributed by atoms with E-state index < -0.39 is 12.5 Å². The third kappa shape index (κ3) is 4.65. The van der Waals surface area contributed by atoms with Crippen molar-refractivity contribution in [3.05, 3.63) is 59.9 Å². The first-order chi connectivity index (χ1) is 13.9. The van der Waals surface area contributed by atoms with Gasteiger partial charge in [0.2, 0.25) is 5.90 Å². The van der Waals surface area contributed by atoms with Gasteiger partial charge in [0.25, 0.3) is 5.89 Å². The van der Waals surface area contributed by atoms with Crippen LogP contribution in [0.4, 0.5) is 13.2 Å². The molecule has 7 nitrogen and oxygen atoms in total. The van der Waals surface area contributed by atoms with Crippen LogP contribution in [0.1, 0.15) is 23.9 Å². The number of oxime groups is 1. The molecule has 0 radical (unpaired) electrons. The van der Waals surface area contributed by atoms with Crippen LogP contribution >= 0.6 is 0 Å². The fraction of sp³-hybridized carbons (Fsp3) is 0.211. The monoisotopic (exact) mass is 405 g/mol. The van der Waals surface area contributed by atoms with Crippen molar-refractivity contribution in [2.45, 2.75) is 25.8 Å². The molecule has 0 amide bonds. The average Bonchev–Trinajstić information content (AvgIpc) is 3.31. The van der Waals surface area contributed by atoms with Gasteiger partial charge in [0, 0.05) is 5.56 Å². The van der Waals surface area contributed by atoms with E-state index in [9.17, 15) is 13.2 Å². The van der Waals surface area contributed by atoms with Gasteiger partial charge in [-0.25, -0.2) is 0 Å². The number of benzene rings is 2. The molecule has 10 heteroatoms. The quantitative estimate of drug-likeness (QED) is 0.621. The van der Waals surface area contributed by atoms with Gasteiger partial charge in [-0.1, -0.05) is 28.5 Å². The maximum absolute atomic E-state index is 12.2. The van der Waals surface area contributed by atoms with E-state index in [0.29, 0.717) is 40.9 Å². The van der Waals surface area contributed by atoms with Crippen LogP contribution in [0.15, 0.2) is 58.2 Å². The second kappa shape index (κ2) is 7.46. The summed E-state index contributed by atoms with van der Waals surface area (Å²) in [6.07, 6.45) is -4.88. The summed E-state index contributed by atoms with van der Waals surface area (Å²) in [5, 5.41) is 7.66. The van der Waals surface area contributed by atoms with Crippen LogP contribution in [0.2, 0.25) is 0 Å². The van der Waals surface area contributed by atoms with Gasteiger partial charge in [-0.2, -0.15) is 4.98 Å². The minimum absolute atomic E-state index is 0.301. The van der Waals surface area contributed by atoms with Gasteiger partial charge < -0.3 is 18.8 Å². The Labute approximate surface area is 162 Å². The van der Waals surface area contributed by atoms with Gasteiger partial charge in [-0.15, -0.1) is 13.2 Å². The zero-order valence-corrected chi connectivity index (χ0v) is 15.0. The number of hydrogen-bond acceptors (Lipinski definition) is 7. The molecule has 0 saturated carbocycles. The molecule has 4 rings (SSSR count). The largest absolute Gasteiger partial charge is 0.573 e. The van der Waals surface area contributed by atoms with Crippen molar-refractivity contribution in [2.75, 3.05) is 0 Å². The highest BCUT2D eigenvalue weighted by Crippen LogP contribution is 2.31. The topological polar surface area (TPSA) is 79.0 Å². The molecule has 2 aromatic carbocycles. The highest BCUT2D eigenvalue weighted by atomic mass is 19.4. The molecule has 1 aromatic heterocycles. The number of nitrogens with zero attached hydrogens (tertiary/aromatic N) is 3. The van der Waals surface area contributed by atoms with Gasteiger partial charge in [-0.05, 0) is 42.8 Å². The lowest BCUT2D eigenvalue weighted by Gasteiger charge is -2.11. The lowest BCUT2D eigenvalue weighted by molar-refractivity contribution is -0.274. The van der Waals surface area contributed by atoms with Crippen LogP contribution in [0, 0.1) is 6.92 Å². The van der Waals surface area contributed by atoms with E-state index in [2.05, 4.69) is 20.0 Å². The summed E-state index contributed by atoms with van der Waals surface area (Å²) in [7, 11) is 0. The van der Waals surface area contributed by atoms with Crippen molar-refractivity contribution in [1.29, 1.82) is 0 Å². The summed E-state index contributed by atoms with van der Waals surface area (Å²) in [5.41, 5.74) is 1.34. The maximum Gasteiger partial charge on any atom is 0.573 e. The number of rotatable bonds is 4. The third-order valence-electron chi connectivity index (χ3n) is 3.97. The van der Waals surface area contributed by atoms with Crippen LogP contribution in [-0.4, -0.2) is 22.4 Å². The molecule has 0 aliphatic carbocycles. The normalized spacial score (nSPS) is 16.3. The van der Waals surface area contributed by atoms with E-state index >= 15 is 0 Å². The van der Waals surface area contributed by atoms with Crippen molar-refractivity contribution < 1.29 is 32.0 Å². The number of halogens is 3. The van der Waals surface area contributed by atoms with E-state index in [4.69, 9.17) is 14.1 Å². The fourth-order valence-electron chi connectivity index (χ4n) is 2.72. The first-order valence-corrected chi connectivity index (χ1v) is 8.53. The van der Waals surface area contributed by atoms with Crippen molar-refractivity contribution in [1.82, 2.24) is 10.1 Å². The predicted molar refractivity (Wildman–Crippen MR) is 94.1 cm³/mol. The molecule has 2 heterocycles. The Kier molecular flexibility index (Phi) is 4.83. The summed E-state index contributed by atoms with van der Waals surface area (Å²) in [4.78, 5) is 9.51. The van der Waals surface area contributed by atoms with E-state index in [-0.39, 0.29) is 5.75 Å². The van der Waals surface area contributed by atoms with Gasteiger partial charge in [-0.3, -0.25) is 0 Å². The van der Waals surface area contributed by atoms with Crippen molar-refractivity contribution in [3.8, 4) is 23.0 Å². The Morgan fingerprint density at radius 2 is 1.86 bits per heavy atom. The van der Waals surface area contributed by atoms with E-state index in [1.807, 2.05) is 0 Å². The van der Waals surface area contributed by atoms with Crippen molar-refractivity contribution >= 4 is 5.90 Å². The molecule has 0 unspecified atom stereocenters. The highest BCUT2D eigenvalue weighted by molar-refractivity contribution is 5.80. The van der Waals surface area contributed by atoms with Crippen LogP contribution in [0.3, 0.4) is 0 Å². The second-order valence-corrected chi connectivity index (χ2v) is 6.18. The molecule has 0 spiro atoms. The smallest absolute Gasteiger partial charge is 0.440 e. The van der Waals surface area contributed by atoms with Gasteiger partial charge in [0.05, 0.1) is 6.42 Å². The molecule has 0 N–H and O–H groups in total. The predicted octanol–water partition coefficient (Wildman–Crippen LogP) is 4.80. The second-order valence-electron chi connectivity index (χ2n) is 6.18. The van der Waals surface area contributed by atoms with Crippen molar-refractivity contribution in [3.63, 3.8) is 0 Å². The molecule has 150 valence electrons. The molecule has 1 atom stereocenters. The van der Waals surface area contributed by atoms with Gasteiger partial charge in [0.15, 0.2) is 11.9 Å². The first-order valence-electron chi connectivity index (χ1n) is 8.53. The Morgan fingerprint density at radius 3 is 2.55 bits per heavy atom. The lowest BCUT2D eigenvalue weighted by Crippen LogP contribution is -2.17. The Hall–Kier alpha value is -3.56. The highest BCUT2D eigenvalue weighted by Gasteiger charge is 2.31. The van der Waals surface area contributed by atoms with Crippen molar-refractivity contribution in [2.24, 2.45) is 5.16 Å². The van der Waals surface area contributed by atoms with E-state index in [1.54, 1.807) is 31.2 Å². The maximum atomic E-state index is 12.2. The van der Waals surface area contributed by atoms with Crippen LogP contribution in [0.25, 0.3) is 11.5 Å². The van der Waals surface area contributed by atoms with Crippen LogP contribution < -0.4 is 9.47 Å². The SMILES string of the molecule is Cc1noc(-c2cccc(OC3=NO[C@@H](c4ccc(OC(F)(F)F)cc4)C3)c2)n1. The Morgan fingerprint density at radius 1 is 1.07 bits per heavy atom. The van der Waals surface area contributed by atoms with Gasteiger partial charge in [0.1, 0.15) is 11.5 Å². The summed E-state index contributed by atoms with van der Waals surface area (Å²) in [6, 6.07) is 12.5. The molecule has 29 heavy (non-hydrogen) atoms.